The molecule has 0 atom stereocenters. The largest absolute Gasteiger partial charge is 0.478 e. The fourth-order valence-electron chi connectivity index (χ4n) is 1.23. The second-order valence-corrected chi connectivity index (χ2v) is 3.31. The van der Waals surface area contributed by atoms with Gasteiger partial charge in [0.1, 0.15) is 0 Å². The summed E-state index contributed by atoms with van der Waals surface area (Å²) in [4.78, 5) is 10.5. The van der Waals surface area contributed by atoms with Crippen LogP contribution in [-0.4, -0.2) is 11.1 Å². The van der Waals surface area contributed by atoms with Gasteiger partial charge >= 0.3 is 5.97 Å². The number of aliphatic carboxylic acids is 1. The summed E-state index contributed by atoms with van der Waals surface area (Å²) in [7, 11) is 0. The smallest absolute Gasteiger partial charge is 0.328 e. The van der Waals surface area contributed by atoms with Crippen LogP contribution in [0.4, 0.5) is 0 Å². The van der Waals surface area contributed by atoms with Gasteiger partial charge in [-0.15, -0.1) is 0 Å². The standard InChI is InChI=1S/C11H11ClO2/c1-2-8(7-11(13)14)9-4-3-5-10(12)6-9/h3-7H,2H2,1H3,(H,13,14). The van der Waals surface area contributed by atoms with Crippen molar-refractivity contribution in [2.24, 2.45) is 0 Å². The van der Waals surface area contributed by atoms with E-state index in [1.807, 2.05) is 19.1 Å². The Hall–Kier alpha value is -1.28. The summed E-state index contributed by atoms with van der Waals surface area (Å²) in [6.07, 6.45) is 1.89. The highest BCUT2D eigenvalue weighted by Crippen LogP contribution is 2.21. The van der Waals surface area contributed by atoms with E-state index in [4.69, 9.17) is 16.7 Å². The van der Waals surface area contributed by atoms with Crippen LogP contribution < -0.4 is 0 Å². The Labute approximate surface area is 87.8 Å². The fraction of sp³-hybridized carbons (Fsp3) is 0.182. The first-order valence-electron chi connectivity index (χ1n) is 4.33. The molecule has 0 heterocycles. The average Bonchev–Trinajstić information content (AvgIpc) is 2.14. The molecule has 1 aromatic carbocycles. The third kappa shape index (κ3) is 2.89. The first-order valence-corrected chi connectivity index (χ1v) is 4.70. The van der Waals surface area contributed by atoms with Gasteiger partial charge in [-0.1, -0.05) is 30.7 Å². The van der Waals surface area contributed by atoms with Crippen molar-refractivity contribution in [2.45, 2.75) is 13.3 Å². The van der Waals surface area contributed by atoms with Crippen LogP contribution in [0.1, 0.15) is 18.9 Å². The maximum Gasteiger partial charge on any atom is 0.328 e. The third-order valence-corrected chi connectivity index (χ3v) is 2.11. The van der Waals surface area contributed by atoms with Crippen molar-refractivity contribution < 1.29 is 9.90 Å². The first kappa shape index (κ1) is 10.8. The summed E-state index contributed by atoms with van der Waals surface area (Å²) in [5, 5.41) is 9.25. The molecule has 0 spiro atoms. The Morgan fingerprint density at radius 1 is 1.57 bits per heavy atom. The summed E-state index contributed by atoms with van der Waals surface area (Å²) in [5.41, 5.74) is 1.64. The molecule has 1 aromatic rings. The van der Waals surface area contributed by atoms with Crippen LogP contribution in [0.15, 0.2) is 30.3 Å². The number of rotatable bonds is 3. The van der Waals surface area contributed by atoms with Crippen LogP contribution >= 0.6 is 11.6 Å². The van der Waals surface area contributed by atoms with Gasteiger partial charge in [-0.25, -0.2) is 4.79 Å². The summed E-state index contributed by atoms with van der Waals surface area (Å²) in [6, 6.07) is 7.19. The monoisotopic (exact) mass is 210 g/mol. The summed E-state index contributed by atoms with van der Waals surface area (Å²) < 4.78 is 0. The van der Waals surface area contributed by atoms with Gasteiger partial charge in [0.05, 0.1) is 0 Å². The second kappa shape index (κ2) is 4.82. The van der Waals surface area contributed by atoms with Gasteiger partial charge in [0.25, 0.3) is 0 Å². The molecule has 0 saturated carbocycles. The van der Waals surface area contributed by atoms with Crippen LogP contribution in [0.3, 0.4) is 0 Å². The lowest BCUT2D eigenvalue weighted by atomic mass is 10.0. The summed E-state index contributed by atoms with van der Waals surface area (Å²) in [6.45, 7) is 1.91. The third-order valence-electron chi connectivity index (χ3n) is 1.87. The van der Waals surface area contributed by atoms with Crippen LogP contribution in [0.2, 0.25) is 5.02 Å². The van der Waals surface area contributed by atoms with E-state index in [1.165, 1.54) is 6.08 Å². The van der Waals surface area contributed by atoms with Crippen molar-refractivity contribution in [2.75, 3.05) is 0 Å². The molecule has 0 aliphatic heterocycles. The SMILES string of the molecule is CCC(=CC(=O)O)c1cccc(Cl)c1. The molecule has 0 radical (unpaired) electrons. The van der Waals surface area contributed by atoms with Crippen molar-refractivity contribution in [1.29, 1.82) is 0 Å². The first-order chi connectivity index (χ1) is 6.63. The van der Waals surface area contributed by atoms with Crippen molar-refractivity contribution >= 4 is 23.1 Å². The van der Waals surface area contributed by atoms with Gasteiger partial charge in [0, 0.05) is 11.1 Å². The number of hydrogen-bond donors (Lipinski definition) is 1. The van der Waals surface area contributed by atoms with E-state index in [1.54, 1.807) is 12.1 Å². The Balaban J connectivity index is 3.07. The quantitative estimate of drug-likeness (QED) is 0.778. The topological polar surface area (TPSA) is 37.3 Å². The minimum Gasteiger partial charge on any atom is -0.478 e. The molecule has 14 heavy (non-hydrogen) atoms. The minimum atomic E-state index is -0.929. The number of hydrogen-bond acceptors (Lipinski definition) is 1. The van der Waals surface area contributed by atoms with Crippen LogP contribution in [0.5, 0.6) is 0 Å². The number of carbonyl (C=O) groups is 1. The highest BCUT2D eigenvalue weighted by molar-refractivity contribution is 6.30. The van der Waals surface area contributed by atoms with Gasteiger partial charge in [-0.2, -0.15) is 0 Å². The molecule has 0 amide bonds. The van der Waals surface area contributed by atoms with Crippen LogP contribution in [-0.2, 0) is 4.79 Å². The van der Waals surface area contributed by atoms with Crippen molar-refractivity contribution in [3.05, 3.63) is 40.9 Å². The van der Waals surface area contributed by atoms with Crippen molar-refractivity contribution in [3.63, 3.8) is 0 Å². The van der Waals surface area contributed by atoms with E-state index >= 15 is 0 Å². The second-order valence-electron chi connectivity index (χ2n) is 2.87. The number of benzene rings is 1. The molecule has 0 unspecified atom stereocenters. The highest BCUT2D eigenvalue weighted by atomic mass is 35.5. The van der Waals surface area contributed by atoms with Crippen LogP contribution in [0, 0.1) is 0 Å². The molecule has 74 valence electrons. The molecule has 0 aliphatic rings. The molecule has 0 aliphatic carbocycles. The Kier molecular flexibility index (Phi) is 3.72. The molecule has 0 saturated heterocycles. The van der Waals surface area contributed by atoms with Gasteiger partial charge in [-0.05, 0) is 29.7 Å². The molecule has 1 N–H and O–H groups in total. The van der Waals surface area contributed by atoms with E-state index < -0.39 is 5.97 Å². The molecule has 0 bridgehead atoms. The summed E-state index contributed by atoms with van der Waals surface area (Å²) in [5.74, 6) is -0.929. The maximum absolute atomic E-state index is 10.5. The lowest BCUT2D eigenvalue weighted by Gasteiger charge is -2.03. The zero-order valence-corrected chi connectivity index (χ0v) is 8.58. The molecule has 2 nitrogen and oxygen atoms in total. The summed E-state index contributed by atoms with van der Waals surface area (Å²) >= 11 is 5.81. The van der Waals surface area contributed by atoms with E-state index in [2.05, 4.69) is 0 Å². The zero-order valence-electron chi connectivity index (χ0n) is 7.83. The zero-order chi connectivity index (χ0) is 10.6. The Morgan fingerprint density at radius 3 is 2.79 bits per heavy atom. The normalized spacial score (nSPS) is 11.4. The molecule has 0 fully saturated rings. The van der Waals surface area contributed by atoms with Gasteiger partial charge in [-0.3, -0.25) is 0 Å². The van der Waals surface area contributed by atoms with E-state index in [0.29, 0.717) is 11.4 Å². The predicted octanol–water partition coefficient (Wildman–Crippen LogP) is 3.22. The average molecular weight is 211 g/mol. The van der Waals surface area contributed by atoms with Gasteiger partial charge in [0.2, 0.25) is 0 Å². The minimum absolute atomic E-state index is 0.618. The van der Waals surface area contributed by atoms with E-state index in [9.17, 15) is 4.79 Å². The molecular formula is C11H11ClO2. The van der Waals surface area contributed by atoms with Crippen molar-refractivity contribution in [1.82, 2.24) is 0 Å². The maximum atomic E-state index is 10.5. The van der Waals surface area contributed by atoms with E-state index in [-0.39, 0.29) is 0 Å². The lowest BCUT2D eigenvalue weighted by molar-refractivity contribution is -0.131. The predicted molar refractivity (Wildman–Crippen MR) is 57.4 cm³/mol. The van der Waals surface area contributed by atoms with Gasteiger partial charge in [0.15, 0.2) is 0 Å². The highest BCUT2D eigenvalue weighted by Gasteiger charge is 2.02. The number of halogens is 1. The number of carboxylic acid groups (broad SMARTS) is 1. The lowest BCUT2D eigenvalue weighted by Crippen LogP contribution is -1.91. The molecule has 1 rings (SSSR count). The number of carboxylic acids is 1. The Bertz CT molecular complexity index is 369. The molecule has 0 aromatic heterocycles. The fourth-order valence-corrected chi connectivity index (χ4v) is 1.42. The molecule has 3 heteroatoms. The van der Waals surface area contributed by atoms with Crippen LogP contribution in [0.25, 0.3) is 5.57 Å². The number of allylic oxidation sites excluding steroid dienone is 1. The van der Waals surface area contributed by atoms with Crippen molar-refractivity contribution in [3.8, 4) is 0 Å². The van der Waals surface area contributed by atoms with Gasteiger partial charge < -0.3 is 5.11 Å². The Morgan fingerprint density at radius 2 is 2.29 bits per heavy atom. The molecular weight excluding hydrogens is 200 g/mol. The van der Waals surface area contributed by atoms with E-state index in [0.717, 1.165) is 11.1 Å².